The molecule has 2 N–H and O–H groups in total. The number of benzene rings is 2. The molecule has 0 spiro atoms. The van der Waals surface area contributed by atoms with Crippen LogP contribution in [0.5, 0.6) is 0 Å². The average molecular weight is 399 g/mol. The Labute approximate surface area is 170 Å². The first-order valence-corrected chi connectivity index (χ1v) is 10.1. The molecule has 0 atom stereocenters. The molecule has 5 aromatic rings. The number of ketones is 1. The van der Waals surface area contributed by atoms with Crippen molar-refractivity contribution in [2.24, 2.45) is 0 Å². The van der Waals surface area contributed by atoms with Crippen molar-refractivity contribution < 1.29 is 4.79 Å². The monoisotopic (exact) mass is 399 g/mol. The van der Waals surface area contributed by atoms with Crippen LogP contribution < -0.4 is 5.56 Å². The number of carbonyl (C=O) groups is 1. The lowest BCUT2D eigenvalue weighted by atomic mass is 10.1. The number of nitrogens with zero attached hydrogens (tertiary/aromatic N) is 1. The zero-order valence-electron chi connectivity index (χ0n) is 15.7. The summed E-state index contributed by atoms with van der Waals surface area (Å²) in [7, 11) is 0. The van der Waals surface area contributed by atoms with Crippen molar-refractivity contribution >= 4 is 38.2 Å². The summed E-state index contributed by atoms with van der Waals surface area (Å²) in [6.45, 7) is 1.94. The van der Waals surface area contributed by atoms with Crippen LogP contribution in [0.2, 0.25) is 0 Å². The van der Waals surface area contributed by atoms with E-state index in [2.05, 4.69) is 15.0 Å². The Kier molecular flexibility index (Phi) is 4.14. The van der Waals surface area contributed by atoms with E-state index in [9.17, 15) is 9.59 Å². The number of aromatic nitrogens is 3. The van der Waals surface area contributed by atoms with Crippen LogP contribution in [-0.2, 0) is 6.42 Å². The van der Waals surface area contributed by atoms with Crippen molar-refractivity contribution in [2.75, 3.05) is 0 Å². The molecule has 29 heavy (non-hydrogen) atoms. The minimum atomic E-state index is -0.201. The fraction of sp³-hybridized carbons (Fsp3) is 0.0870. The average Bonchev–Trinajstić information content (AvgIpc) is 3.30. The number of H-pyrrole nitrogens is 2. The number of aromatic amines is 2. The molecule has 0 aliphatic carbocycles. The minimum Gasteiger partial charge on any atom is -0.360 e. The molecular weight excluding hydrogens is 382 g/mol. The van der Waals surface area contributed by atoms with Crippen molar-refractivity contribution in [3.63, 3.8) is 0 Å². The molecule has 0 saturated carbocycles. The molecular formula is C23H17N3O2S. The summed E-state index contributed by atoms with van der Waals surface area (Å²) in [5.74, 6) is 0.306. The fourth-order valence-electron chi connectivity index (χ4n) is 3.69. The summed E-state index contributed by atoms with van der Waals surface area (Å²) in [6.07, 6.45) is 1.76. The lowest BCUT2D eigenvalue weighted by Gasteiger charge is -2.01. The van der Waals surface area contributed by atoms with Crippen LogP contribution in [0.1, 0.15) is 21.7 Å². The summed E-state index contributed by atoms with van der Waals surface area (Å²) >= 11 is 1.48. The normalized spacial score (nSPS) is 11.3. The van der Waals surface area contributed by atoms with Gasteiger partial charge in [-0.1, -0.05) is 48.5 Å². The van der Waals surface area contributed by atoms with Crippen LogP contribution in [0.3, 0.4) is 0 Å². The van der Waals surface area contributed by atoms with Crippen LogP contribution >= 0.6 is 11.3 Å². The van der Waals surface area contributed by atoms with E-state index in [1.54, 1.807) is 6.20 Å². The highest BCUT2D eigenvalue weighted by Gasteiger charge is 2.18. The molecule has 3 aromatic heterocycles. The zero-order chi connectivity index (χ0) is 20.0. The number of rotatable bonds is 4. The van der Waals surface area contributed by atoms with Gasteiger partial charge >= 0.3 is 0 Å². The second kappa shape index (κ2) is 6.83. The van der Waals surface area contributed by atoms with Gasteiger partial charge < -0.3 is 9.97 Å². The van der Waals surface area contributed by atoms with Crippen LogP contribution in [0.4, 0.5) is 0 Å². The molecule has 0 aliphatic rings. The van der Waals surface area contributed by atoms with E-state index < -0.39 is 0 Å². The maximum absolute atomic E-state index is 12.9. The second-order valence-electron chi connectivity index (χ2n) is 6.96. The van der Waals surface area contributed by atoms with Crippen LogP contribution in [0.15, 0.2) is 65.6 Å². The molecule has 142 valence electrons. The number of para-hydroxylation sites is 1. The summed E-state index contributed by atoms with van der Waals surface area (Å²) in [5, 5.41) is 1.47. The quantitative estimate of drug-likeness (QED) is 0.423. The Morgan fingerprint density at radius 3 is 2.66 bits per heavy atom. The van der Waals surface area contributed by atoms with Crippen LogP contribution in [-0.4, -0.2) is 20.7 Å². The van der Waals surface area contributed by atoms with Gasteiger partial charge in [-0.3, -0.25) is 9.59 Å². The molecule has 6 heteroatoms. The van der Waals surface area contributed by atoms with Gasteiger partial charge in [-0.25, -0.2) is 4.98 Å². The van der Waals surface area contributed by atoms with Crippen molar-refractivity contribution in [1.82, 2.24) is 15.0 Å². The SMILES string of the molecule is Cc1c(-c2ccccc2)sc2nc(CC(=O)c3c[nH]c4ccccc34)[nH]c(=O)c12. The highest BCUT2D eigenvalue weighted by Crippen LogP contribution is 2.35. The van der Waals surface area contributed by atoms with Crippen molar-refractivity contribution in [3.8, 4) is 10.4 Å². The first kappa shape index (κ1) is 17.6. The Morgan fingerprint density at radius 2 is 1.83 bits per heavy atom. The first-order valence-electron chi connectivity index (χ1n) is 9.29. The Bertz CT molecular complexity index is 1430. The Morgan fingerprint density at radius 1 is 1.07 bits per heavy atom. The standard InChI is InChI=1S/C23H17N3O2S/c1-13-20-22(28)25-19(26-23(20)29-21(13)14-7-3-2-4-8-14)11-18(27)16-12-24-17-10-6-5-9-15(16)17/h2-10,12,24H,11H2,1H3,(H,25,26,28). The fourth-order valence-corrected chi connectivity index (χ4v) is 4.89. The molecule has 0 amide bonds. The van der Waals surface area contributed by atoms with Gasteiger partial charge in [0.25, 0.3) is 5.56 Å². The van der Waals surface area contributed by atoms with Gasteiger partial charge in [-0.2, -0.15) is 0 Å². The molecule has 3 heterocycles. The number of hydrogen-bond donors (Lipinski definition) is 2. The van der Waals surface area contributed by atoms with Crippen molar-refractivity contribution in [3.05, 3.63) is 88.1 Å². The van der Waals surface area contributed by atoms with Gasteiger partial charge in [-0.15, -0.1) is 11.3 Å². The zero-order valence-corrected chi connectivity index (χ0v) is 16.5. The topological polar surface area (TPSA) is 78.6 Å². The van der Waals surface area contributed by atoms with E-state index in [0.717, 1.165) is 26.9 Å². The van der Waals surface area contributed by atoms with Gasteiger partial charge in [0.15, 0.2) is 5.78 Å². The summed E-state index contributed by atoms with van der Waals surface area (Å²) in [6, 6.07) is 17.6. The van der Waals surface area contributed by atoms with Gasteiger partial charge in [0.2, 0.25) is 0 Å². The number of aryl methyl sites for hydroxylation is 1. The summed E-state index contributed by atoms with van der Waals surface area (Å²) < 4.78 is 0. The lowest BCUT2D eigenvalue weighted by molar-refractivity contribution is 0.0992. The molecule has 5 rings (SSSR count). The lowest BCUT2D eigenvalue weighted by Crippen LogP contribution is -2.14. The Balaban J connectivity index is 1.54. The Hall–Kier alpha value is -3.51. The molecule has 0 saturated heterocycles. The number of carbonyl (C=O) groups excluding carboxylic acids is 1. The molecule has 0 radical (unpaired) electrons. The van der Waals surface area contributed by atoms with Gasteiger partial charge in [0.1, 0.15) is 10.7 Å². The maximum atomic E-state index is 12.9. The third kappa shape index (κ3) is 2.98. The smallest absolute Gasteiger partial charge is 0.259 e. The van der Waals surface area contributed by atoms with Crippen LogP contribution in [0, 0.1) is 6.92 Å². The van der Waals surface area contributed by atoms with Crippen molar-refractivity contribution in [1.29, 1.82) is 0 Å². The minimum absolute atomic E-state index is 0.0463. The molecule has 0 bridgehead atoms. The number of nitrogens with one attached hydrogen (secondary N) is 2. The van der Waals surface area contributed by atoms with E-state index in [1.165, 1.54) is 11.3 Å². The second-order valence-corrected chi connectivity index (χ2v) is 7.96. The summed E-state index contributed by atoms with van der Waals surface area (Å²) in [4.78, 5) is 37.8. The van der Waals surface area contributed by atoms with E-state index in [-0.39, 0.29) is 17.8 Å². The van der Waals surface area contributed by atoms with Crippen molar-refractivity contribution in [2.45, 2.75) is 13.3 Å². The van der Waals surface area contributed by atoms with Gasteiger partial charge in [0.05, 0.1) is 11.8 Å². The van der Waals surface area contributed by atoms with E-state index in [0.29, 0.717) is 21.6 Å². The number of thiophene rings is 1. The van der Waals surface area contributed by atoms with Gasteiger partial charge in [0, 0.05) is 27.5 Å². The highest BCUT2D eigenvalue weighted by atomic mass is 32.1. The van der Waals surface area contributed by atoms with E-state index in [4.69, 9.17) is 0 Å². The molecule has 0 unspecified atom stereocenters. The predicted octanol–water partition coefficient (Wildman–Crippen LogP) is 4.87. The third-order valence-electron chi connectivity index (χ3n) is 5.10. The largest absolute Gasteiger partial charge is 0.360 e. The molecule has 0 aliphatic heterocycles. The van der Waals surface area contributed by atoms with Crippen LogP contribution in [0.25, 0.3) is 31.6 Å². The summed E-state index contributed by atoms with van der Waals surface area (Å²) in [5.41, 5.74) is 3.29. The number of fused-ring (bicyclic) bond motifs is 2. The number of hydrogen-bond acceptors (Lipinski definition) is 4. The third-order valence-corrected chi connectivity index (χ3v) is 6.34. The molecule has 5 nitrogen and oxygen atoms in total. The first-order chi connectivity index (χ1) is 14.1. The highest BCUT2D eigenvalue weighted by molar-refractivity contribution is 7.22. The molecule has 2 aromatic carbocycles. The van der Waals surface area contributed by atoms with E-state index >= 15 is 0 Å². The predicted molar refractivity (Wildman–Crippen MR) is 117 cm³/mol. The number of Topliss-reactive ketones (excluding diaryl/α,β-unsaturated/α-hetero) is 1. The maximum Gasteiger partial charge on any atom is 0.259 e. The van der Waals surface area contributed by atoms with Gasteiger partial charge in [-0.05, 0) is 24.1 Å². The van der Waals surface area contributed by atoms with E-state index in [1.807, 2.05) is 61.5 Å². The molecule has 0 fully saturated rings.